The Morgan fingerprint density at radius 2 is 0.625 bits per heavy atom. The zero-order chi connectivity index (χ0) is 0. The summed E-state index contributed by atoms with van der Waals surface area (Å²) in [7, 11) is 0. The third-order valence-electron chi connectivity index (χ3n) is 0. The fourth-order valence-electron chi connectivity index (χ4n) is 0. The SMILES string of the molecule is Br.Br.[AlH3].[AlH3].[LiH].[LiH].[MgH2].[Zn]. The minimum atomic E-state index is 0. The molecule has 0 atom stereocenters. The predicted octanol–water partition coefficient (Wildman–Crippen LogP) is -3.43. The van der Waals surface area contributed by atoms with E-state index in [2.05, 4.69) is 0 Å². The van der Waals surface area contributed by atoms with Gasteiger partial charge in [-0.1, -0.05) is 0 Å². The van der Waals surface area contributed by atoms with Crippen LogP contribution in [-0.4, -0.2) is 95.5 Å². The van der Waals surface area contributed by atoms with Crippen molar-refractivity contribution in [3.63, 3.8) is 0 Å². The minimum Gasteiger partial charge on any atom is 0 e. The van der Waals surface area contributed by atoms with Gasteiger partial charge in [0.25, 0.3) is 0 Å². The molecule has 0 rings (SSSR count). The zero-order valence-corrected chi connectivity index (χ0v) is 7.92. The van der Waals surface area contributed by atoms with Crippen molar-refractivity contribution in [3.8, 4) is 0 Å². The molecule has 0 aromatic heterocycles. The van der Waals surface area contributed by atoms with Crippen LogP contribution in [0, 0.1) is 0 Å². The van der Waals surface area contributed by atoms with Gasteiger partial charge >= 0.3 is 60.8 Å². The molecule has 8 heavy (non-hydrogen) atoms. The van der Waals surface area contributed by atoms with Crippen LogP contribution in [0.5, 0.6) is 0 Å². The van der Waals surface area contributed by atoms with Crippen LogP contribution in [0.25, 0.3) is 0 Å². The van der Waals surface area contributed by atoms with E-state index in [-0.39, 0.29) is 149 Å². The Kier molecular flexibility index (Phi) is 615. The monoisotopic (exact) mass is 326 g/mol. The molecule has 0 fully saturated rings. The van der Waals surface area contributed by atoms with Crippen LogP contribution in [0.2, 0.25) is 0 Å². The second-order valence-electron chi connectivity index (χ2n) is 0. The van der Waals surface area contributed by atoms with Gasteiger partial charge in [-0.05, 0) is 0 Å². The van der Waals surface area contributed by atoms with Crippen LogP contribution >= 0.6 is 34.0 Å². The number of hydrogen-bond acceptors (Lipinski definition) is 0. The smallest absolute Gasteiger partial charge is 0 e. The van der Waals surface area contributed by atoms with Crippen molar-refractivity contribution in [2.75, 3.05) is 0 Å². The largest absolute Gasteiger partial charge is 0.316 e. The topological polar surface area (TPSA) is 0 Å². The molecule has 0 radical (unpaired) electrons. The van der Waals surface area contributed by atoms with Gasteiger partial charge in [0.1, 0.15) is 0 Å². The van der Waals surface area contributed by atoms with E-state index in [0.717, 1.165) is 0 Å². The Labute approximate surface area is 146 Å². The number of hydrogen-bond donors (Lipinski definition) is 0. The second kappa shape index (κ2) is 61.5. The molecule has 38 valence electrons. The van der Waals surface area contributed by atoms with Crippen LogP contribution in [0.3, 0.4) is 0 Å². The molecule has 0 aliphatic heterocycles. The van der Waals surface area contributed by atoms with Crippen LogP contribution in [0.1, 0.15) is 0 Å². The summed E-state index contributed by atoms with van der Waals surface area (Å²) in [6.07, 6.45) is 0. The Hall–Kier alpha value is 4.61. The molecule has 0 bridgehead atoms. The molecule has 0 spiro atoms. The Balaban J connectivity index is 0. The summed E-state index contributed by atoms with van der Waals surface area (Å²) < 4.78 is 0. The molecule has 0 saturated heterocycles. The predicted molar refractivity (Wildman–Crippen MR) is 63.4 cm³/mol. The fourth-order valence-corrected chi connectivity index (χ4v) is 0. The first kappa shape index (κ1) is 80.0. The van der Waals surface area contributed by atoms with E-state index in [4.69, 9.17) is 0 Å². The van der Waals surface area contributed by atoms with Gasteiger partial charge < -0.3 is 0 Å². The summed E-state index contributed by atoms with van der Waals surface area (Å²) in [6, 6.07) is 0. The van der Waals surface area contributed by atoms with Gasteiger partial charge in [-0.15, -0.1) is 34.0 Å². The summed E-state index contributed by atoms with van der Waals surface area (Å²) in [6.45, 7) is 0. The van der Waals surface area contributed by atoms with Gasteiger partial charge in [0.15, 0.2) is 34.7 Å². The van der Waals surface area contributed by atoms with E-state index in [1.54, 1.807) is 0 Å². The fraction of sp³-hybridized carbons (Fsp3) is 0. The molecule has 8 heteroatoms. The molecule has 0 N–H and O–H groups in total. The maximum absolute atomic E-state index is 0. The van der Waals surface area contributed by atoms with Crippen molar-refractivity contribution in [1.82, 2.24) is 0 Å². The third-order valence-corrected chi connectivity index (χ3v) is 0. The maximum Gasteiger partial charge on any atom is 0.316 e. The van der Waals surface area contributed by atoms with E-state index in [1.165, 1.54) is 0 Å². The minimum absolute atomic E-state index is 0. The van der Waals surface area contributed by atoms with Crippen molar-refractivity contribution in [2.45, 2.75) is 0 Å². The van der Waals surface area contributed by atoms with Crippen LogP contribution in [0.4, 0.5) is 0 Å². The average Bonchev–Trinajstić information content (AvgIpc) is 0. The van der Waals surface area contributed by atoms with Crippen molar-refractivity contribution >= 4 is 129 Å². The third kappa shape index (κ3) is 46.1. The summed E-state index contributed by atoms with van der Waals surface area (Å²) in [4.78, 5) is 0. The molecule has 0 nitrogen and oxygen atoms in total. The molecule has 0 unspecified atom stereocenters. The summed E-state index contributed by atoms with van der Waals surface area (Å²) in [5, 5.41) is 0. The molecule has 0 heterocycles. The molecule has 0 aliphatic carbocycles. The maximum atomic E-state index is 0. The van der Waals surface area contributed by atoms with Gasteiger partial charge in [-0.2, -0.15) is 0 Å². The van der Waals surface area contributed by atoms with E-state index >= 15 is 0 Å². The Bertz CT molecular complexity index is 18.0. The summed E-state index contributed by atoms with van der Waals surface area (Å²) >= 11 is 0. The van der Waals surface area contributed by atoms with Crippen molar-refractivity contribution < 1.29 is 19.5 Å². The van der Waals surface area contributed by atoms with Crippen LogP contribution < -0.4 is 0 Å². The van der Waals surface area contributed by atoms with Crippen molar-refractivity contribution in [3.05, 3.63) is 0 Å². The normalized spacial score (nSPS) is 0. The summed E-state index contributed by atoms with van der Waals surface area (Å²) in [5.41, 5.74) is 0. The molecule has 0 aromatic rings. The standard InChI is InChI=1S/2Al.2BrH.2Li.Mg.Zn.10H/h;;2*1H;;;;;;;;;;;;;;. The van der Waals surface area contributed by atoms with Gasteiger partial charge in [-0.3, -0.25) is 0 Å². The van der Waals surface area contributed by atoms with Gasteiger partial charge in [0.05, 0.1) is 0 Å². The Morgan fingerprint density at radius 1 is 0.625 bits per heavy atom. The van der Waals surface area contributed by atoms with Crippen LogP contribution in [-0.2, 0) is 19.5 Å². The van der Waals surface area contributed by atoms with Crippen LogP contribution in [0.15, 0.2) is 0 Å². The molecular formula is H12Al2Br2Li2MgZn. The van der Waals surface area contributed by atoms with Gasteiger partial charge in [-0.25, -0.2) is 0 Å². The quantitative estimate of drug-likeness (QED) is 0.406. The summed E-state index contributed by atoms with van der Waals surface area (Å²) in [5.74, 6) is 0. The van der Waals surface area contributed by atoms with Crippen molar-refractivity contribution in [2.24, 2.45) is 0 Å². The van der Waals surface area contributed by atoms with E-state index in [0.29, 0.717) is 0 Å². The van der Waals surface area contributed by atoms with Gasteiger partial charge in [0.2, 0.25) is 0 Å². The number of rotatable bonds is 0. The van der Waals surface area contributed by atoms with Crippen molar-refractivity contribution in [1.29, 1.82) is 0 Å². The molecular weight excluding hydrogens is 317 g/mol. The molecule has 0 saturated carbocycles. The number of halogens is 2. The average molecular weight is 329 g/mol. The van der Waals surface area contributed by atoms with E-state index in [1.807, 2.05) is 0 Å². The first-order valence-corrected chi connectivity index (χ1v) is 0. The molecule has 0 aliphatic rings. The second-order valence-corrected chi connectivity index (χ2v) is 0. The first-order valence-electron chi connectivity index (χ1n) is 0. The van der Waals surface area contributed by atoms with E-state index in [9.17, 15) is 0 Å². The molecule has 0 amide bonds. The first-order chi connectivity index (χ1) is 0. The zero-order valence-electron chi connectivity index (χ0n) is 1.52. The Morgan fingerprint density at radius 3 is 0.625 bits per heavy atom. The van der Waals surface area contributed by atoms with Gasteiger partial charge in [0, 0.05) is 19.5 Å². The van der Waals surface area contributed by atoms with E-state index < -0.39 is 0 Å². The molecule has 0 aromatic carbocycles.